The van der Waals surface area contributed by atoms with Crippen LogP contribution in [0.5, 0.6) is 11.5 Å². The van der Waals surface area contributed by atoms with Crippen LogP contribution >= 0.6 is 35.0 Å². The van der Waals surface area contributed by atoms with E-state index < -0.39 is 0 Å². The van der Waals surface area contributed by atoms with Gasteiger partial charge in [0.15, 0.2) is 11.5 Å². The molecule has 0 aliphatic carbocycles. The molecule has 0 aliphatic rings. The van der Waals surface area contributed by atoms with Crippen LogP contribution in [-0.2, 0) is 10.5 Å². The molecule has 0 atom stereocenters. The summed E-state index contributed by atoms with van der Waals surface area (Å²) in [5.41, 5.74) is 1.96. The van der Waals surface area contributed by atoms with E-state index in [1.165, 1.54) is 6.08 Å². The van der Waals surface area contributed by atoms with Crippen LogP contribution in [0.2, 0.25) is 10.0 Å². The van der Waals surface area contributed by atoms with E-state index in [0.29, 0.717) is 28.1 Å². The molecule has 0 radical (unpaired) electrons. The van der Waals surface area contributed by atoms with Gasteiger partial charge >= 0.3 is 0 Å². The molecule has 0 aliphatic heterocycles. The van der Waals surface area contributed by atoms with Gasteiger partial charge in [0.05, 0.1) is 24.3 Å². The highest BCUT2D eigenvalue weighted by atomic mass is 35.5. The van der Waals surface area contributed by atoms with Crippen LogP contribution in [-0.4, -0.2) is 32.4 Å². The molecule has 0 fully saturated rings. The summed E-state index contributed by atoms with van der Waals surface area (Å²) in [6, 6.07) is 11.1. The van der Waals surface area contributed by atoms with Crippen molar-refractivity contribution in [2.45, 2.75) is 5.75 Å². The minimum atomic E-state index is -0.139. The number of hydrogen-bond donors (Lipinski definition) is 1. The Bertz CT molecular complexity index is 812. The maximum atomic E-state index is 11.9. The Kier molecular flexibility index (Phi) is 8.85. The number of ether oxygens (including phenoxy) is 2. The van der Waals surface area contributed by atoms with Crippen molar-refractivity contribution in [3.8, 4) is 11.5 Å². The average molecular weight is 426 g/mol. The highest BCUT2D eigenvalue weighted by Gasteiger charge is 2.03. The van der Waals surface area contributed by atoms with Crippen molar-refractivity contribution in [2.75, 3.05) is 26.5 Å². The van der Waals surface area contributed by atoms with E-state index in [-0.39, 0.29) is 5.91 Å². The predicted octanol–water partition coefficient (Wildman–Crippen LogP) is 5.07. The number of amides is 1. The van der Waals surface area contributed by atoms with Crippen LogP contribution in [0.4, 0.5) is 0 Å². The molecular formula is C20H21Cl2NO3S. The van der Waals surface area contributed by atoms with E-state index in [0.717, 1.165) is 22.6 Å². The molecule has 0 aromatic heterocycles. The maximum absolute atomic E-state index is 11.9. The fourth-order valence-electron chi connectivity index (χ4n) is 2.25. The molecular weight excluding hydrogens is 405 g/mol. The van der Waals surface area contributed by atoms with Gasteiger partial charge in [0.2, 0.25) is 5.91 Å². The number of methoxy groups -OCH3 is 2. The molecule has 0 spiro atoms. The van der Waals surface area contributed by atoms with Gasteiger partial charge in [-0.3, -0.25) is 4.79 Å². The molecule has 1 amide bonds. The number of carbonyl (C=O) groups is 1. The number of thioether (sulfide) groups is 1. The highest BCUT2D eigenvalue weighted by molar-refractivity contribution is 7.98. The van der Waals surface area contributed by atoms with Gasteiger partial charge in [-0.2, -0.15) is 11.8 Å². The Labute approximate surface area is 173 Å². The van der Waals surface area contributed by atoms with Crippen molar-refractivity contribution in [3.63, 3.8) is 0 Å². The van der Waals surface area contributed by atoms with E-state index in [1.807, 2.05) is 24.3 Å². The zero-order chi connectivity index (χ0) is 19.6. The Morgan fingerprint density at radius 2 is 1.85 bits per heavy atom. The molecule has 0 heterocycles. The first-order valence-electron chi connectivity index (χ1n) is 8.23. The van der Waals surface area contributed by atoms with Crippen molar-refractivity contribution >= 4 is 46.9 Å². The molecule has 144 valence electrons. The second kappa shape index (κ2) is 11.1. The summed E-state index contributed by atoms with van der Waals surface area (Å²) < 4.78 is 10.4. The molecule has 7 heteroatoms. The molecule has 4 nitrogen and oxygen atoms in total. The van der Waals surface area contributed by atoms with Crippen molar-refractivity contribution in [2.24, 2.45) is 0 Å². The van der Waals surface area contributed by atoms with Crippen molar-refractivity contribution in [1.82, 2.24) is 5.32 Å². The number of hydrogen-bond acceptors (Lipinski definition) is 4. The SMILES string of the molecule is COc1ccc(/C=C/C(=O)NCCSCc2ccc(Cl)c(Cl)c2)cc1OC. The molecule has 0 saturated heterocycles. The molecule has 1 N–H and O–H groups in total. The van der Waals surface area contributed by atoms with E-state index in [9.17, 15) is 4.79 Å². The summed E-state index contributed by atoms with van der Waals surface area (Å²) in [7, 11) is 3.16. The fraction of sp³-hybridized carbons (Fsp3) is 0.250. The number of nitrogens with one attached hydrogen (secondary N) is 1. The Balaban J connectivity index is 1.72. The molecule has 27 heavy (non-hydrogen) atoms. The van der Waals surface area contributed by atoms with Crippen LogP contribution < -0.4 is 14.8 Å². The predicted molar refractivity (Wildman–Crippen MR) is 114 cm³/mol. The minimum Gasteiger partial charge on any atom is -0.493 e. The van der Waals surface area contributed by atoms with Crippen molar-refractivity contribution in [1.29, 1.82) is 0 Å². The first kappa shape index (κ1) is 21.5. The summed E-state index contributed by atoms with van der Waals surface area (Å²) >= 11 is 13.6. The van der Waals surface area contributed by atoms with Gasteiger partial charge in [0.1, 0.15) is 0 Å². The second-order valence-electron chi connectivity index (χ2n) is 5.54. The third-order valence-corrected chi connectivity index (χ3v) is 5.40. The highest BCUT2D eigenvalue weighted by Crippen LogP contribution is 2.28. The Morgan fingerprint density at radius 1 is 1.07 bits per heavy atom. The Hall–Kier alpha value is -1.82. The van der Waals surface area contributed by atoms with Crippen molar-refractivity contribution < 1.29 is 14.3 Å². The number of rotatable bonds is 9. The third-order valence-electron chi connectivity index (χ3n) is 3.63. The maximum Gasteiger partial charge on any atom is 0.244 e. The monoisotopic (exact) mass is 425 g/mol. The molecule has 2 aromatic carbocycles. The lowest BCUT2D eigenvalue weighted by Gasteiger charge is -2.07. The van der Waals surface area contributed by atoms with Crippen LogP contribution in [0.3, 0.4) is 0 Å². The van der Waals surface area contributed by atoms with Gasteiger partial charge in [-0.25, -0.2) is 0 Å². The van der Waals surface area contributed by atoms with Gasteiger partial charge < -0.3 is 14.8 Å². The first-order valence-corrected chi connectivity index (χ1v) is 10.1. The lowest BCUT2D eigenvalue weighted by molar-refractivity contribution is -0.116. The summed E-state index contributed by atoms with van der Waals surface area (Å²) in [6.07, 6.45) is 3.24. The fourth-order valence-corrected chi connectivity index (χ4v) is 3.38. The van der Waals surface area contributed by atoms with Crippen LogP contribution in [0.25, 0.3) is 6.08 Å². The van der Waals surface area contributed by atoms with Gasteiger partial charge in [-0.1, -0.05) is 35.3 Å². The van der Waals surface area contributed by atoms with E-state index >= 15 is 0 Å². The van der Waals surface area contributed by atoms with Gasteiger partial charge in [-0.15, -0.1) is 0 Å². The minimum absolute atomic E-state index is 0.139. The smallest absolute Gasteiger partial charge is 0.244 e. The zero-order valence-electron chi connectivity index (χ0n) is 15.1. The second-order valence-corrected chi connectivity index (χ2v) is 7.46. The summed E-state index contributed by atoms with van der Waals surface area (Å²) in [4.78, 5) is 11.9. The lowest BCUT2D eigenvalue weighted by Crippen LogP contribution is -2.23. The summed E-state index contributed by atoms with van der Waals surface area (Å²) in [5.74, 6) is 2.75. The molecule has 0 bridgehead atoms. The lowest BCUT2D eigenvalue weighted by atomic mass is 10.2. The van der Waals surface area contributed by atoms with E-state index in [4.69, 9.17) is 32.7 Å². The quantitative estimate of drug-likeness (QED) is 0.449. The van der Waals surface area contributed by atoms with Crippen molar-refractivity contribution in [3.05, 3.63) is 63.6 Å². The van der Waals surface area contributed by atoms with Crippen LogP contribution in [0, 0.1) is 0 Å². The molecule has 0 unspecified atom stereocenters. The number of benzene rings is 2. The summed E-state index contributed by atoms with van der Waals surface area (Å²) in [6.45, 7) is 0.584. The normalized spacial score (nSPS) is 10.8. The average Bonchev–Trinajstić information content (AvgIpc) is 2.68. The van der Waals surface area contributed by atoms with Crippen LogP contribution in [0.1, 0.15) is 11.1 Å². The topological polar surface area (TPSA) is 47.6 Å². The molecule has 2 rings (SSSR count). The van der Waals surface area contributed by atoms with Gasteiger partial charge in [0, 0.05) is 24.1 Å². The molecule has 0 saturated carbocycles. The third kappa shape index (κ3) is 7.01. The molecule has 2 aromatic rings. The Morgan fingerprint density at radius 3 is 2.56 bits per heavy atom. The van der Waals surface area contributed by atoms with Gasteiger partial charge in [-0.05, 0) is 41.5 Å². The summed E-state index contributed by atoms with van der Waals surface area (Å²) in [5, 5.41) is 3.97. The van der Waals surface area contributed by atoms with E-state index in [1.54, 1.807) is 44.2 Å². The zero-order valence-corrected chi connectivity index (χ0v) is 17.5. The standard InChI is InChI=1S/C20H21Cl2NO3S/c1-25-18-7-4-14(12-19(18)26-2)5-8-20(24)23-9-10-27-13-15-3-6-16(21)17(22)11-15/h3-8,11-12H,9-10,13H2,1-2H3,(H,23,24)/b8-5+. The number of halogens is 2. The van der Waals surface area contributed by atoms with E-state index in [2.05, 4.69) is 5.32 Å². The number of carbonyl (C=O) groups excluding carboxylic acids is 1. The largest absolute Gasteiger partial charge is 0.493 e. The van der Waals surface area contributed by atoms with Crippen LogP contribution in [0.15, 0.2) is 42.5 Å². The first-order chi connectivity index (χ1) is 13.0. The van der Waals surface area contributed by atoms with Gasteiger partial charge in [0.25, 0.3) is 0 Å².